The molecule has 0 atom stereocenters. The third-order valence-corrected chi connectivity index (χ3v) is 4.81. The van der Waals surface area contributed by atoms with Gasteiger partial charge in [-0.3, -0.25) is 4.57 Å². The molecule has 0 radical (unpaired) electrons. The van der Waals surface area contributed by atoms with Crippen LogP contribution in [0.25, 0.3) is 11.2 Å². The van der Waals surface area contributed by atoms with Crippen molar-refractivity contribution in [3.63, 3.8) is 0 Å². The first kappa shape index (κ1) is 17.4. The van der Waals surface area contributed by atoms with Crippen molar-refractivity contribution in [1.82, 2.24) is 19.5 Å². The van der Waals surface area contributed by atoms with E-state index in [-0.39, 0.29) is 5.82 Å². The normalized spacial score (nSPS) is 13.4. The number of ether oxygens (including phenoxy) is 1. The standard InChI is InChI=1S/C21H19FN6O/c1-29-15-10-6-13(7-11-15)24-20-23-12-18-19(27-20)28(14-8-9-14)21(26-18)25-17-5-3-2-4-16(17)22/h2-7,10-12,14H,8-9H2,1H3,(H,25,26)(H,23,24,27). The highest BCUT2D eigenvalue weighted by Gasteiger charge is 2.29. The van der Waals surface area contributed by atoms with Gasteiger partial charge in [0.2, 0.25) is 11.9 Å². The summed E-state index contributed by atoms with van der Waals surface area (Å²) in [5, 5.41) is 6.31. The number of fused-ring (bicyclic) bond motifs is 1. The zero-order valence-electron chi connectivity index (χ0n) is 15.8. The molecular formula is C21H19FN6O. The molecular weight excluding hydrogens is 371 g/mol. The molecule has 8 heteroatoms. The van der Waals surface area contributed by atoms with Gasteiger partial charge in [-0.1, -0.05) is 12.1 Å². The van der Waals surface area contributed by atoms with Crippen molar-refractivity contribution in [1.29, 1.82) is 0 Å². The van der Waals surface area contributed by atoms with E-state index >= 15 is 0 Å². The maximum Gasteiger partial charge on any atom is 0.229 e. The molecule has 1 aliphatic carbocycles. The van der Waals surface area contributed by atoms with Gasteiger partial charge in [-0.2, -0.15) is 4.98 Å². The summed E-state index contributed by atoms with van der Waals surface area (Å²) in [6, 6.07) is 14.4. The van der Waals surface area contributed by atoms with Crippen molar-refractivity contribution in [2.75, 3.05) is 17.7 Å². The van der Waals surface area contributed by atoms with E-state index in [1.807, 2.05) is 28.8 Å². The molecule has 5 rings (SSSR count). The minimum atomic E-state index is -0.324. The predicted molar refractivity (Wildman–Crippen MR) is 110 cm³/mol. The van der Waals surface area contributed by atoms with E-state index in [2.05, 4.69) is 25.6 Å². The van der Waals surface area contributed by atoms with Crippen LogP contribution in [0, 0.1) is 5.82 Å². The van der Waals surface area contributed by atoms with Gasteiger partial charge in [0.15, 0.2) is 5.65 Å². The summed E-state index contributed by atoms with van der Waals surface area (Å²) >= 11 is 0. The third kappa shape index (κ3) is 3.44. The van der Waals surface area contributed by atoms with Crippen molar-refractivity contribution >= 4 is 34.4 Å². The first-order valence-electron chi connectivity index (χ1n) is 9.39. The van der Waals surface area contributed by atoms with Gasteiger partial charge in [0.1, 0.15) is 17.1 Å². The van der Waals surface area contributed by atoms with Gasteiger partial charge in [0, 0.05) is 11.7 Å². The lowest BCUT2D eigenvalue weighted by molar-refractivity contribution is 0.415. The van der Waals surface area contributed by atoms with Crippen molar-refractivity contribution in [2.45, 2.75) is 18.9 Å². The van der Waals surface area contributed by atoms with Crippen LogP contribution in [-0.4, -0.2) is 26.6 Å². The number of rotatable bonds is 6. The molecule has 2 aromatic carbocycles. The molecule has 2 N–H and O–H groups in total. The number of halogens is 1. The highest BCUT2D eigenvalue weighted by molar-refractivity contribution is 5.77. The fourth-order valence-corrected chi connectivity index (χ4v) is 3.20. The molecule has 1 aliphatic rings. The lowest BCUT2D eigenvalue weighted by Crippen LogP contribution is -2.04. The number of anilines is 4. The van der Waals surface area contributed by atoms with Gasteiger partial charge in [-0.05, 0) is 49.2 Å². The van der Waals surface area contributed by atoms with Gasteiger partial charge < -0.3 is 15.4 Å². The Morgan fingerprint density at radius 2 is 1.83 bits per heavy atom. The summed E-state index contributed by atoms with van der Waals surface area (Å²) in [6.07, 6.45) is 3.77. The lowest BCUT2D eigenvalue weighted by atomic mass is 10.3. The molecule has 1 saturated carbocycles. The number of para-hydroxylation sites is 1. The van der Waals surface area contributed by atoms with E-state index in [9.17, 15) is 4.39 Å². The summed E-state index contributed by atoms with van der Waals surface area (Å²) in [5.74, 6) is 1.50. The zero-order chi connectivity index (χ0) is 19.8. The Morgan fingerprint density at radius 1 is 1.03 bits per heavy atom. The van der Waals surface area contributed by atoms with Crippen LogP contribution in [0.4, 0.5) is 27.7 Å². The Labute approximate surface area is 166 Å². The van der Waals surface area contributed by atoms with Gasteiger partial charge >= 0.3 is 0 Å². The number of benzene rings is 2. The smallest absolute Gasteiger partial charge is 0.229 e. The second kappa shape index (κ2) is 7.05. The summed E-state index contributed by atoms with van der Waals surface area (Å²) in [7, 11) is 1.63. The monoisotopic (exact) mass is 390 g/mol. The molecule has 0 unspecified atom stereocenters. The van der Waals surface area contributed by atoms with E-state index in [0.29, 0.717) is 29.1 Å². The van der Waals surface area contributed by atoms with E-state index in [1.54, 1.807) is 31.5 Å². The maximum absolute atomic E-state index is 14.1. The Hall–Kier alpha value is -3.68. The maximum atomic E-state index is 14.1. The second-order valence-corrected chi connectivity index (χ2v) is 6.90. The quantitative estimate of drug-likeness (QED) is 0.493. The first-order valence-corrected chi connectivity index (χ1v) is 9.39. The van der Waals surface area contributed by atoms with Crippen LogP contribution in [-0.2, 0) is 0 Å². The van der Waals surface area contributed by atoms with Crippen molar-refractivity contribution in [2.24, 2.45) is 0 Å². The minimum absolute atomic E-state index is 0.304. The van der Waals surface area contributed by atoms with Gasteiger partial charge in [-0.15, -0.1) is 0 Å². The summed E-state index contributed by atoms with van der Waals surface area (Å²) in [4.78, 5) is 13.6. The molecule has 146 valence electrons. The van der Waals surface area contributed by atoms with Crippen LogP contribution in [0.15, 0.2) is 54.7 Å². The van der Waals surface area contributed by atoms with Crippen molar-refractivity contribution in [3.05, 3.63) is 60.5 Å². The molecule has 0 aliphatic heterocycles. The topological polar surface area (TPSA) is 76.9 Å². The zero-order valence-corrected chi connectivity index (χ0v) is 15.8. The lowest BCUT2D eigenvalue weighted by Gasteiger charge is -2.10. The predicted octanol–water partition coefficient (Wildman–Crippen LogP) is 4.80. The van der Waals surface area contributed by atoms with Crippen LogP contribution < -0.4 is 15.4 Å². The van der Waals surface area contributed by atoms with Crippen LogP contribution in [0.5, 0.6) is 5.75 Å². The molecule has 2 heterocycles. The molecule has 29 heavy (non-hydrogen) atoms. The Kier molecular flexibility index (Phi) is 4.23. The number of aromatic nitrogens is 4. The van der Waals surface area contributed by atoms with Gasteiger partial charge in [0.25, 0.3) is 0 Å². The average Bonchev–Trinajstić information content (AvgIpc) is 3.51. The number of methoxy groups -OCH3 is 1. The number of hydrogen-bond acceptors (Lipinski definition) is 6. The van der Waals surface area contributed by atoms with Gasteiger partial charge in [-0.25, -0.2) is 14.4 Å². The Balaban J connectivity index is 1.50. The second-order valence-electron chi connectivity index (χ2n) is 6.90. The van der Waals surface area contributed by atoms with E-state index in [1.165, 1.54) is 6.07 Å². The Morgan fingerprint density at radius 3 is 2.55 bits per heavy atom. The van der Waals surface area contributed by atoms with E-state index < -0.39 is 0 Å². The molecule has 7 nitrogen and oxygen atoms in total. The highest BCUT2D eigenvalue weighted by Crippen LogP contribution is 2.40. The van der Waals surface area contributed by atoms with Crippen LogP contribution >= 0.6 is 0 Å². The number of imidazole rings is 1. The number of nitrogens with zero attached hydrogens (tertiary/aromatic N) is 4. The van der Waals surface area contributed by atoms with Crippen LogP contribution in [0.3, 0.4) is 0 Å². The largest absolute Gasteiger partial charge is 0.497 e. The first-order chi connectivity index (χ1) is 14.2. The fraction of sp³-hybridized carbons (Fsp3) is 0.190. The fourth-order valence-electron chi connectivity index (χ4n) is 3.20. The van der Waals surface area contributed by atoms with Crippen molar-refractivity contribution < 1.29 is 9.13 Å². The molecule has 4 aromatic rings. The van der Waals surface area contributed by atoms with Crippen molar-refractivity contribution in [3.8, 4) is 5.75 Å². The molecule has 0 saturated heterocycles. The third-order valence-electron chi connectivity index (χ3n) is 4.81. The average molecular weight is 390 g/mol. The Bertz CT molecular complexity index is 1170. The minimum Gasteiger partial charge on any atom is -0.497 e. The van der Waals surface area contributed by atoms with Crippen LogP contribution in [0.2, 0.25) is 0 Å². The van der Waals surface area contributed by atoms with E-state index in [4.69, 9.17) is 4.74 Å². The number of nitrogens with one attached hydrogen (secondary N) is 2. The summed E-state index contributed by atoms with van der Waals surface area (Å²) < 4.78 is 21.3. The SMILES string of the molecule is COc1ccc(Nc2ncc3nc(Nc4ccccc4F)n(C4CC4)c3n2)cc1. The molecule has 0 bridgehead atoms. The molecule has 1 fully saturated rings. The number of hydrogen-bond donors (Lipinski definition) is 2. The highest BCUT2D eigenvalue weighted by atomic mass is 19.1. The molecule has 2 aromatic heterocycles. The van der Waals surface area contributed by atoms with Crippen LogP contribution in [0.1, 0.15) is 18.9 Å². The van der Waals surface area contributed by atoms with Gasteiger partial charge in [0.05, 0.1) is 19.0 Å². The van der Waals surface area contributed by atoms with E-state index in [0.717, 1.165) is 29.9 Å². The molecule has 0 spiro atoms. The molecule has 0 amide bonds. The summed E-state index contributed by atoms with van der Waals surface area (Å²) in [5.41, 5.74) is 2.62. The summed E-state index contributed by atoms with van der Waals surface area (Å²) in [6.45, 7) is 0.